The molecular weight excluding hydrogens is 526 g/mol. The first-order valence-corrected chi connectivity index (χ1v) is 14.9. The van der Waals surface area contributed by atoms with Crippen molar-refractivity contribution in [1.82, 2.24) is 9.80 Å². The average Bonchev–Trinajstić information content (AvgIpc) is 2.97. The normalized spacial score (nSPS) is 14.3. The zero-order chi connectivity index (χ0) is 28.5. The number of benzene rings is 3. The van der Waals surface area contributed by atoms with Crippen molar-refractivity contribution in [2.45, 2.75) is 18.7 Å². The summed E-state index contributed by atoms with van der Waals surface area (Å²) in [5.74, 6) is 0.607. The van der Waals surface area contributed by atoms with Crippen LogP contribution >= 0.6 is 0 Å². The molecule has 3 aromatic rings. The van der Waals surface area contributed by atoms with Gasteiger partial charge in [-0.3, -0.25) is 14.0 Å². The summed E-state index contributed by atoms with van der Waals surface area (Å²) in [6.45, 7) is 7.16. The Balaban J connectivity index is 1.49. The van der Waals surface area contributed by atoms with Crippen LogP contribution in [0, 0.1) is 6.92 Å². The highest BCUT2D eigenvalue weighted by molar-refractivity contribution is 7.93. The number of carbonyl (C=O) groups excluding carboxylic acids is 1. The predicted molar refractivity (Wildman–Crippen MR) is 158 cm³/mol. The van der Waals surface area contributed by atoms with Crippen LogP contribution in [0.5, 0.6) is 11.5 Å². The first-order valence-electron chi connectivity index (χ1n) is 13.4. The van der Waals surface area contributed by atoms with Crippen LogP contribution in [0.25, 0.3) is 6.08 Å². The first kappa shape index (κ1) is 29.2. The quantitative estimate of drug-likeness (QED) is 0.343. The SMILES string of the molecule is CCOc1ccc(N(CC(=O)N2CCN(C/C=C/c3ccccc3)CC2)S(=O)(=O)c2cc(C)ccc2OC)cc1. The summed E-state index contributed by atoms with van der Waals surface area (Å²) < 4.78 is 40.1. The number of nitrogens with zero attached hydrogens (tertiary/aromatic N) is 3. The second kappa shape index (κ2) is 13.5. The van der Waals surface area contributed by atoms with Crippen LogP contribution in [-0.2, 0) is 14.8 Å². The Kier molecular flexibility index (Phi) is 9.84. The molecule has 0 N–H and O–H groups in total. The predicted octanol–water partition coefficient (Wildman–Crippen LogP) is 4.46. The largest absolute Gasteiger partial charge is 0.495 e. The summed E-state index contributed by atoms with van der Waals surface area (Å²) in [4.78, 5) is 17.5. The molecule has 1 amide bonds. The third-order valence-corrected chi connectivity index (χ3v) is 8.60. The van der Waals surface area contributed by atoms with Gasteiger partial charge in [0.1, 0.15) is 22.9 Å². The van der Waals surface area contributed by atoms with Gasteiger partial charge in [0.15, 0.2) is 0 Å². The van der Waals surface area contributed by atoms with Gasteiger partial charge in [0.2, 0.25) is 5.91 Å². The molecule has 1 aliphatic heterocycles. The summed E-state index contributed by atoms with van der Waals surface area (Å²) in [6.07, 6.45) is 4.22. The topological polar surface area (TPSA) is 79.4 Å². The highest BCUT2D eigenvalue weighted by atomic mass is 32.2. The smallest absolute Gasteiger partial charge is 0.268 e. The molecule has 8 nitrogen and oxygen atoms in total. The Bertz CT molecular complexity index is 1400. The van der Waals surface area contributed by atoms with E-state index in [-0.39, 0.29) is 23.1 Å². The molecule has 0 radical (unpaired) electrons. The fraction of sp³-hybridized carbons (Fsp3) is 0.323. The number of carbonyl (C=O) groups is 1. The Labute approximate surface area is 237 Å². The molecule has 0 bridgehead atoms. The molecule has 4 rings (SSSR count). The van der Waals surface area contributed by atoms with Gasteiger partial charge < -0.3 is 14.4 Å². The lowest BCUT2D eigenvalue weighted by Gasteiger charge is -2.35. The van der Waals surface area contributed by atoms with E-state index in [9.17, 15) is 13.2 Å². The van der Waals surface area contributed by atoms with Gasteiger partial charge in [-0.2, -0.15) is 0 Å². The van der Waals surface area contributed by atoms with Crippen molar-refractivity contribution in [2.24, 2.45) is 0 Å². The first-order chi connectivity index (χ1) is 19.3. The fourth-order valence-corrected chi connectivity index (χ4v) is 6.26. The van der Waals surface area contributed by atoms with Crippen molar-refractivity contribution in [3.05, 3.63) is 90.0 Å². The number of piperazine rings is 1. The number of sulfonamides is 1. The summed E-state index contributed by atoms with van der Waals surface area (Å²) in [7, 11) is -2.69. The third-order valence-electron chi connectivity index (χ3n) is 6.80. The molecule has 0 aliphatic carbocycles. The highest BCUT2D eigenvalue weighted by Crippen LogP contribution is 2.32. The van der Waals surface area contributed by atoms with Crippen LogP contribution < -0.4 is 13.8 Å². The molecule has 212 valence electrons. The minimum Gasteiger partial charge on any atom is -0.495 e. The second-order valence-electron chi connectivity index (χ2n) is 9.59. The second-order valence-corrected chi connectivity index (χ2v) is 11.4. The van der Waals surface area contributed by atoms with Crippen molar-refractivity contribution in [3.63, 3.8) is 0 Å². The van der Waals surface area contributed by atoms with Gasteiger partial charge in [0.25, 0.3) is 10.0 Å². The zero-order valence-electron chi connectivity index (χ0n) is 23.3. The van der Waals surface area contributed by atoms with Gasteiger partial charge in [-0.1, -0.05) is 48.6 Å². The number of hydrogen-bond acceptors (Lipinski definition) is 6. The maximum absolute atomic E-state index is 14.0. The molecule has 3 aromatic carbocycles. The van der Waals surface area contributed by atoms with Gasteiger partial charge in [-0.25, -0.2) is 8.42 Å². The van der Waals surface area contributed by atoms with Crippen molar-refractivity contribution >= 4 is 27.7 Å². The van der Waals surface area contributed by atoms with Crippen LogP contribution in [0.2, 0.25) is 0 Å². The van der Waals surface area contributed by atoms with Crippen molar-refractivity contribution < 1.29 is 22.7 Å². The number of ether oxygens (including phenoxy) is 2. The number of anilines is 1. The molecule has 0 aromatic heterocycles. The number of amides is 1. The number of aryl methyl sites for hydroxylation is 1. The number of methoxy groups -OCH3 is 1. The molecule has 0 saturated carbocycles. The standard InChI is InChI=1S/C31H37N3O5S/c1-4-39-28-15-13-27(14-16-28)34(40(36,37)30-23-25(2)12-17-29(30)38-3)24-31(35)33-21-19-32(20-22-33)18-8-11-26-9-6-5-7-10-26/h5-17,23H,4,18-22,24H2,1-3H3/b11-8+. The molecule has 0 atom stereocenters. The van der Waals surface area contributed by atoms with Gasteiger partial charge in [-0.05, 0) is 61.4 Å². The van der Waals surface area contributed by atoms with Crippen LogP contribution in [0.1, 0.15) is 18.1 Å². The van der Waals surface area contributed by atoms with Crippen molar-refractivity contribution in [3.8, 4) is 11.5 Å². The van der Waals surface area contributed by atoms with E-state index in [0.29, 0.717) is 44.2 Å². The summed E-state index contributed by atoms with van der Waals surface area (Å²) in [5, 5.41) is 0. The summed E-state index contributed by atoms with van der Waals surface area (Å²) in [5.41, 5.74) is 2.30. The molecule has 1 heterocycles. The maximum atomic E-state index is 14.0. The Morgan fingerprint density at radius 2 is 1.68 bits per heavy atom. The van der Waals surface area contributed by atoms with Gasteiger partial charge in [-0.15, -0.1) is 0 Å². The Morgan fingerprint density at radius 1 is 0.975 bits per heavy atom. The van der Waals surface area contributed by atoms with E-state index in [1.54, 1.807) is 47.4 Å². The van der Waals surface area contributed by atoms with E-state index in [0.717, 1.165) is 22.0 Å². The minimum atomic E-state index is -4.13. The molecule has 9 heteroatoms. The van der Waals surface area contributed by atoms with Crippen molar-refractivity contribution in [2.75, 3.05) is 57.3 Å². The monoisotopic (exact) mass is 563 g/mol. The minimum absolute atomic E-state index is 0.0201. The average molecular weight is 564 g/mol. The van der Waals surface area contributed by atoms with E-state index in [2.05, 4.69) is 29.2 Å². The van der Waals surface area contributed by atoms with E-state index in [4.69, 9.17) is 9.47 Å². The lowest BCUT2D eigenvalue weighted by atomic mass is 10.2. The van der Waals surface area contributed by atoms with Gasteiger partial charge in [0, 0.05) is 32.7 Å². The third kappa shape index (κ3) is 7.22. The van der Waals surface area contributed by atoms with E-state index < -0.39 is 10.0 Å². The maximum Gasteiger partial charge on any atom is 0.268 e. The lowest BCUT2D eigenvalue weighted by Crippen LogP contribution is -2.51. The van der Waals surface area contributed by atoms with Crippen LogP contribution in [0.4, 0.5) is 5.69 Å². The van der Waals surface area contributed by atoms with E-state index in [1.165, 1.54) is 7.11 Å². The summed E-state index contributed by atoms with van der Waals surface area (Å²) >= 11 is 0. The molecule has 1 aliphatic rings. The van der Waals surface area contributed by atoms with Crippen LogP contribution in [0.3, 0.4) is 0 Å². The van der Waals surface area contributed by atoms with Gasteiger partial charge in [0.05, 0.1) is 19.4 Å². The molecule has 0 spiro atoms. The molecular formula is C31H37N3O5S. The molecule has 1 saturated heterocycles. The fourth-order valence-electron chi connectivity index (χ4n) is 4.60. The number of hydrogen-bond donors (Lipinski definition) is 0. The Hall–Kier alpha value is -3.82. The molecule has 1 fully saturated rings. The van der Waals surface area contributed by atoms with Crippen molar-refractivity contribution in [1.29, 1.82) is 0 Å². The van der Waals surface area contributed by atoms with Crippen LogP contribution in [-0.4, -0.2) is 77.1 Å². The van der Waals surface area contributed by atoms with E-state index >= 15 is 0 Å². The summed E-state index contributed by atoms with van der Waals surface area (Å²) in [6, 6.07) is 21.9. The lowest BCUT2D eigenvalue weighted by molar-refractivity contribution is -0.131. The highest BCUT2D eigenvalue weighted by Gasteiger charge is 2.32. The van der Waals surface area contributed by atoms with E-state index in [1.807, 2.05) is 32.0 Å². The Morgan fingerprint density at radius 3 is 2.33 bits per heavy atom. The zero-order valence-corrected chi connectivity index (χ0v) is 24.1. The number of rotatable bonds is 11. The van der Waals surface area contributed by atoms with Gasteiger partial charge >= 0.3 is 0 Å². The molecule has 0 unspecified atom stereocenters. The molecule has 40 heavy (non-hydrogen) atoms. The van der Waals surface area contributed by atoms with Crippen LogP contribution in [0.15, 0.2) is 83.8 Å².